The molecule has 3 heteroatoms. The van der Waals surface area contributed by atoms with Crippen LogP contribution < -0.4 is 5.69 Å². The first-order valence-corrected chi connectivity index (χ1v) is 6.38. The Morgan fingerprint density at radius 2 is 1.84 bits per heavy atom. The molecule has 1 heterocycles. The number of aryl methyl sites for hydroxylation is 2. The van der Waals surface area contributed by atoms with Crippen LogP contribution in [0.3, 0.4) is 0 Å². The Bertz CT molecular complexity index is 796. The van der Waals surface area contributed by atoms with Crippen LogP contribution in [0.4, 0.5) is 0 Å². The summed E-state index contributed by atoms with van der Waals surface area (Å²) < 4.78 is 1.79. The van der Waals surface area contributed by atoms with Gasteiger partial charge in [-0.1, -0.05) is 35.9 Å². The van der Waals surface area contributed by atoms with Crippen LogP contribution in [0.5, 0.6) is 0 Å². The Morgan fingerprint density at radius 1 is 1.05 bits per heavy atom. The number of nitrogens with zero attached hydrogens (tertiary/aromatic N) is 1. The quantitative estimate of drug-likeness (QED) is 0.748. The molecule has 3 aromatic rings. The van der Waals surface area contributed by atoms with Crippen LogP contribution in [0.25, 0.3) is 11.0 Å². The minimum Gasteiger partial charge on any atom is -0.306 e. The Hall–Kier alpha value is -2.29. The molecular weight excluding hydrogens is 236 g/mol. The maximum Gasteiger partial charge on any atom is 0.326 e. The minimum absolute atomic E-state index is 0.0536. The zero-order valence-corrected chi connectivity index (χ0v) is 11.1. The third kappa shape index (κ3) is 2.19. The maximum absolute atomic E-state index is 12.0. The number of rotatable bonds is 2. The summed E-state index contributed by atoms with van der Waals surface area (Å²) in [5.41, 5.74) is 5.31. The van der Waals surface area contributed by atoms with E-state index in [0.717, 1.165) is 22.2 Å². The summed E-state index contributed by atoms with van der Waals surface area (Å²) in [6.45, 7) is 4.70. The third-order valence-corrected chi connectivity index (χ3v) is 3.35. The number of nitrogens with one attached hydrogen (secondary N) is 1. The molecule has 1 N–H and O–H groups in total. The van der Waals surface area contributed by atoms with Gasteiger partial charge in [-0.25, -0.2) is 4.79 Å². The largest absolute Gasteiger partial charge is 0.326 e. The molecule has 0 amide bonds. The van der Waals surface area contributed by atoms with Gasteiger partial charge in [0, 0.05) is 0 Å². The molecule has 0 aliphatic heterocycles. The molecule has 1 aromatic heterocycles. The molecule has 0 radical (unpaired) electrons. The topological polar surface area (TPSA) is 37.8 Å². The smallest absolute Gasteiger partial charge is 0.306 e. The summed E-state index contributed by atoms with van der Waals surface area (Å²) in [6.07, 6.45) is 0. The Balaban J connectivity index is 2.12. The van der Waals surface area contributed by atoms with E-state index in [9.17, 15) is 4.79 Å². The van der Waals surface area contributed by atoms with Crippen molar-refractivity contribution >= 4 is 11.0 Å². The van der Waals surface area contributed by atoms with Gasteiger partial charge in [0.05, 0.1) is 17.6 Å². The van der Waals surface area contributed by atoms with Gasteiger partial charge in [0.25, 0.3) is 0 Å². The minimum atomic E-state index is -0.0536. The van der Waals surface area contributed by atoms with Crippen LogP contribution in [-0.2, 0) is 6.54 Å². The highest BCUT2D eigenvalue weighted by Crippen LogP contribution is 2.14. The summed E-state index contributed by atoms with van der Waals surface area (Å²) in [7, 11) is 0. The summed E-state index contributed by atoms with van der Waals surface area (Å²) >= 11 is 0. The van der Waals surface area contributed by atoms with E-state index in [1.807, 2.05) is 37.3 Å². The van der Waals surface area contributed by atoms with Crippen molar-refractivity contribution in [3.8, 4) is 0 Å². The zero-order chi connectivity index (χ0) is 13.4. The molecule has 0 unspecified atom stereocenters. The van der Waals surface area contributed by atoms with Gasteiger partial charge in [-0.15, -0.1) is 0 Å². The number of benzene rings is 2. The lowest BCUT2D eigenvalue weighted by Gasteiger charge is -2.05. The fraction of sp³-hybridized carbons (Fsp3) is 0.188. The van der Waals surface area contributed by atoms with Gasteiger partial charge >= 0.3 is 5.69 Å². The van der Waals surface area contributed by atoms with Gasteiger partial charge in [-0.2, -0.15) is 0 Å². The van der Waals surface area contributed by atoms with E-state index in [1.54, 1.807) is 4.57 Å². The van der Waals surface area contributed by atoms with Crippen molar-refractivity contribution in [1.82, 2.24) is 9.55 Å². The number of hydrogen-bond acceptors (Lipinski definition) is 1. The van der Waals surface area contributed by atoms with Gasteiger partial charge in [0.15, 0.2) is 0 Å². The van der Waals surface area contributed by atoms with Crippen molar-refractivity contribution in [2.75, 3.05) is 0 Å². The molecule has 3 nitrogen and oxygen atoms in total. The summed E-state index contributed by atoms with van der Waals surface area (Å²) in [6, 6.07) is 14.3. The highest BCUT2D eigenvalue weighted by Gasteiger charge is 2.07. The third-order valence-electron chi connectivity index (χ3n) is 3.35. The first-order valence-electron chi connectivity index (χ1n) is 6.38. The fourth-order valence-corrected chi connectivity index (χ4v) is 2.41. The van der Waals surface area contributed by atoms with E-state index in [2.05, 4.69) is 24.0 Å². The maximum atomic E-state index is 12.0. The molecule has 96 valence electrons. The highest BCUT2D eigenvalue weighted by molar-refractivity contribution is 5.76. The molecule has 0 saturated heterocycles. The van der Waals surface area contributed by atoms with Crippen LogP contribution in [0, 0.1) is 13.8 Å². The molecule has 0 aliphatic rings. The second-order valence-corrected chi connectivity index (χ2v) is 5.03. The van der Waals surface area contributed by atoms with Crippen molar-refractivity contribution in [2.24, 2.45) is 0 Å². The molecular formula is C16H16N2O. The van der Waals surface area contributed by atoms with Crippen LogP contribution in [0.2, 0.25) is 0 Å². The van der Waals surface area contributed by atoms with Gasteiger partial charge in [0.2, 0.25) is 0 Å². The van der Waals surface area contributed by atoms with Gasteiger partial charge in [-0.05, 0) is 37.1 Å². The van der Waals surface area contributed by atoms with E-state index in [-0.39, 0.29) is 5.69 Å². The molecule has 3 rings (SSSR count). The molecule has 2 aromatic carbocycles. The Labute approximate surface area is 111 Å². The van der Waals surface area contributed by atoms with Crippen molar-refractivity contribution in [1.29, 1.82) is 0 Å². The first kappa shape index (κ1) is 11.8. The van der Waals surface area contributed by atoms with E-state index in [1.165, 1.54) is 5.56 Å². The second-order valence-electron chi connectivity index (χ2n) is 5.03. The molecule has 0 fully saturated rings. The lowest BCUT2D eigenvalue weighted by Crippen LogP contribution is -2.17. The van der Waals surface area contributed by atoms with Crippen molar-refractivity contribution in [2.45, 2.75) is 20.4 Å². The Morgan fingerprint density at radius 3 is 2.63 bits per heavy atom. The van der Waals surface area contributed by atoms with E-state index in [0.29, 0.717) is 6.54 Å². The number of aromatic nitrogens is 2. The van der Waals surface area contributed by atoms with Crippen molar-refractivity contribution < 1.29 is 0 Å². The van der Waals surface area contributed by atoms with E-state index >= 15 is 0 Å². The van der Waals surface area contributed by atoms with Crippen LogP contribution in [-0.4, -0.2) is 9.55 Å². The van der Waals surface area contributed by atoms with Crippen molar-refractivity contribution in [3.05, 3.63) is 69.6 Å². The first-order chi connectivity index (χ1) is 9.13. The number of H-pyrrole nitrogens is 1. The number of aromatic amines is 1. The second kappa shape index (κ2) is 4.43. The number of imidazole rings is 1. The normalized spacial score (nSPS) is 11.1. The summed E-state index contributed by atoms with van der Waals surface area (Å²) in [4.78, 5) is 14.9. The van der Waals surface area contributed by atoms with Crippen LogP contribution in [0.1, 0.15) is 16.7 Å². The standard InChI is InChI=1S/C16H16N2O/c1-11-4-3-5-13(8-11)10-18-15-9-12(2)6-7-14(15)17-16(18)19/h3-9H,10H2,1-2H3,(H,17,19). The summed E-state index contributed by atoms with van der Waals surface area (Å²) in [5.74, 6) is 0. The van der Waals surface area contributed by atoms with Crippen LogP contribution >= 0.6 is 0 Å². The van der Waals surface area contributed by atoms with Gasteiger partial charge in [-0.3, -0.25) is 4.57 Å². The fourth-order valence-electron chi connectivity index (χ4n) is 2.41. The molecule has 0 atom stereocenters. The molecule has 0 aliphatic carbocycles. The predicted octanol–water partition coefficient (Wildman–Crippen LogP) is 2.99. The lowest BCUT2D eigenvalue weighted by atomic mass is 10.1. The zero-order valence-electron chi connectivity index (χ0n) is 11.1. The average molecular weight is 252 g/mol. The average Bonchev–Trinajstić information content (AvgIpc) is 2.66. The lowest BCUT2D eigenvalue weighted by molar-refractivity contribution is 0.786. The van der Waals surface area contributed by atoms with E-state index < -0.39 is 0 Å². The molecule has 0 saturated carbocycles. The molecule has 0 bridgehead atoms. The highest BCUT2D eigenvalue weighted by atomic mass is 16.1. The number of hydrogen-bond donors (Lipinski definition) is 1. The molecule has 0 spiro atoms. The molecule has 19 heavy (non-hydrogen) atoms. The number of fused-ring (bicyclic) bond motifs is 1. The predicted molar refractivity (Wildman–Crippen MR) is 77.6 cm³/mol. The SMILES string of the molecule is Cc1cccc(Cn2c(=O)[nH]c3ccc(C)cc32)c1. The Kier molecular flexibility index (Phi) is 2.75. The monoisotopic (exact) mass is 252 g/mol. The van der Waals surface area contributed by atoms with Crippen LogP contribution in [0.15, 0.2) is 47.3 Å². The van der Waals surface area contributed by atoms with Crippen molar-refractivity contribution in [3.63, 3.8) is 0 Å². The van der Waals surface area contributed by atoms with Gasteiger partial charge < -0.3 is 4.98 Å². The van der Waals surface area contributed by atoms with Gasteiger partial charge in [0.1, 0.15) is 0 Å². The summed E-state index contributed by atoms with van der Waals surface area (Å²) in [5, 5.41) is 0. The van der Waals surface area contributed by atoms with E-state index in [4.69, 9.17) is 0 Å².